The third-order valence-electron chi connectivity index (χ3n) is 2.37. The molecule has 0 unspecified atom stereocenters. The molecule has 1 aromatic carbocycles. The molecule has 0 aliphatic rings. The van der Waals surface area contributed by atoms with Gasteiger partial charge in [0.15, 0.2) is 0 Å². The molecular weight excluding hydrogens is 309 g/mol. The molecule has 18 heavy (non-hydrogen) atoms. The Balaban J connectivity index is 1.95. The van der Waals surface area contributed by atoms with E-state index in [1.165, 1.54) is 0 Å². The van der Waals surface area contributed by atoms with Gasteiger partial charge in [0.05, 0.1) is 0 Å². The maximum Gasteiger partial charge on any atom is 0.130 e. The normalized spacial score (nSPS) is 10.6. The molecule has 1 aromatic heterocycles. The van der Waals surface area contributed by atoms with Gasteiger partial charge in [0.2, 0.25) is 0 Å². The summed E-state index contributed by atoms with van der Waals surface area (Å²) in [5.74, 6) is 1.63. The van der Waals surface area contributed by atoms with Crippen LogP contribution in [0.3, 0.4) is 0 Å². The second-order valence-corrected chi connectivity index (χ2v) is 5.87. The minimum absolute atomic E-state index is 0.417. The molecule has 0 bridgehead atoms. The Hall–Kier alpha value is -0.410. The average molecular weight is 319 g/mol. The van der Waals surface area contributed by atoms with Crippen LogP contribution in [0.5, 0.6) is 0 Å². The molecule has 0 fully saturated rings. The van der Waals surface area contributed by atoms with Gasteiger partial charge in [-0.3, -0.25) is 0 Å². The molecule has 0 aliphatic carbocycles. The van der Waals surface area contributed by atoms with E-state index in [1.807, 2.05) is 24.3 Å². The predicted molar refractivity (Wildman–Crippen MR) is 80.7 cm³/mol. The van der Waals surface area contributed by atoms with Crippen LogP contribution in [-0.2, 0) is 11.5 Å². The van der Waals surface area contributed by atoms with Gasteiger partial charge in [-0.1, -0.05) is 53.0 Å². The van der Waals surface area contributed by atoms with Crippen LogP contribution in [-0.4, -0.2) is 4.98 Å². The lowest BCUT2D eigenvalue weighted by Gasteiger charge is -2.05. The fraction of sp³-hybridized carbons (Fsp3) is 0.154. The number of halogens is 3. The number of thioether (sulfide) groups is 1. The SMILES string of the molecule is Clc1cc(Cl)c(CSCc2ccccc2Cl)cn1. The van der Waals surface area contributed by atoms with Crippen LogP contribution in [0, 0.1) is 0 Å². The Morgan fingerprint density at radius 2 is 1.67 bits per heavy atom. The highest BCUT2D eigenvalue weighted by atomic mass is 35.5. The van der Waals surface area contributed by atoms with Crippen LogP contribution in [0.15, 0.2) is 36.5 Å². The predicted octanol–water partition coefficient (Wildman–Crippen LogP) is 5.48. The highest BCUT2D eigenvalue weighted by Crippen LogP contribution is 2.26. The monoisotopic (exact) mass is 317 g/mol. The third kappa shape index (κ3) is 3.79. The van der Waals surface area contributed by atoms with E-state index in [4.69, 9.17) is 34.8 Å². The lowest BCUT2D eigenvalue weighted by Crippen LogP contribution is -1.88. The van der Waals surface area contributed by atoms with E-state index in [0.717, 1.165) is 27.7 Å². The molecule has 0 spiro atoms. The van der Waals surface area contributed by atoms with Gasteiger partial charge in [0, 0.05) is 27.7 Å². The summed E-state index contributed by atoms with van der Waals surface area (Å²) in [6.07, 6.45) is 1.71. The van der Waals surface area contributed by atoms with E-state index < -0.39 is 0 Å². The molecule has 1 heterocycles. The van der Waals surface area contributed by atoms with Crippen LogP contribution >= 0.6 is 46.6 Å². The molecule has 1 nitrogen and oxygen atoms in total. The number of benzene rings is 1. The Morgan fingerprint density at radius 3 is 2.39 bits per heavy atom. The van der Waals surface area contributed by atoms with Crippen LogP contribution in [0.25, 0.3) is 0 Å². The van der Waals surface area contributed by atoms with Gasteiger partial charge >= 0.3 is 0 Å². The molecule has 0 amide bonds. The number of pyridine rings is 1. The molecule has 2 aromatic rings. The number of hydrogen-bond donors (Lipinski definition) is 0. The molecule has 5 heteroatoms. The zero-order valence-electron chi connectivity index (χ0n) is 9.37. The topological polar surface area (TPSA) is 12.9 Å². The van der Waals surface area contributed by atoms with E-state index in [-0.39, 0.29) is 0 Å². The first-order valence-electron chi connectivity index (χ1n) is 5.28. The Bertz CT molecular complexity index is 546. The van der Waals surface area contributed by atoms with Crippen molar-refractivity contribution >= 4 is 46.6 Å². The molecule has 0 N–H and O–H groups in total. The molecular formula is C13H10Cl3NS. The first-order chi connectivity index (χ1) is 8.66. The van der Waals surface area contributed by atoms with E-state index in [1.54, 1.807) is 24.0 Å². The maximum atomic E-state index is 6.09. The number of rotatable bonds is 4. The van der Waals surface area contributed by atoms with Crippen molar-refractivity contribution in [2.24, 2.45) is 0 Å². The molecule has 2 rings (SSSR count). The minimum Gasteiger partial charge on any atom is -0.244 e. The molecule has 0 saturated heterocycles. The van der Waals surface area contributed by atoms with Gasteiger partial charge in [0.25, 0.3) is 0 Å². The van der Waals surface area contributed by atoms with Crippen LogP contribution < -0.4 is 0 Å². The Morgan fingerprint density at radius 1 is 0.944 bits per heavy atom. The van der Waals surface area contributed by atoms with Crippen molar-refractivity contribution in [1.29, 1.82) is 0 Å². The number of aromatic nitrogens is 1. The van der Waals surface area contributed by atoms with Crippen LogP contribution in [0.2, 0.25) is 15.2 Å². The standard InChI is InChI=1S/C13H10Cl3NS/c14-11-4-2-1-3-9(11)7-18-8-10-6-17-13(16)5-12(10)15/h1-6H,7-8H2. The van der Waals surface area contributed by atoms with Crippen molar-refractivity contribution in [1.82, 2.24) is 4.98 Å². The highest BCUT2D eigenvalue weighted by molar-refractivity contribution is 7.97. The quantitative estimate of drug-likeness (QED) is 0.693. The van der Waals surface area contributed by atoms with Crippen LogP contribution in [0.4, 0.5) is 0 Å². The molecule has 0 atom stereocenters. The van der Waals surface area contributed by atoms with Gasteiger partial charge in [-0.05, 0) is 23.3 Å². The van der Waals surface area contributed by atoms with Crippen molar-refractivity contribution in [2.45, 2.75) is 11.5 Å². The molecule has 0 saturated carbocycles. The minimum atomic E-state index is 0.417. The summed E-state index contributed by atoms with van der Waals surface area (Å²) in [7, 11) is 0. The fourth-order valence-corrected chi connectivity index (χ4v) is 3.25. The summed E-state index contributed by atoms with van der Waals surface area (Å²) >= 11 is 19.7. The summed E-state index contributed by atoms with van der Waals surface area (Å²) in [4.78, 5) is 4.02. The van der Waals surface area contributed by atoms with E-state index in [0.29, 0.717) is 10.2 Å². The first-order valence-corrected chi connectivity index (χ1v) is 7.57. The molecule has 0 radical (unpaired) electrons. The smallest absolute Gasteiger partial charge is 0.130 e. The zero-order chi connectivity index (χ0) is 13.0. The maximum absolute atomic E-state index is 6.09. The Labute approximate surface area is 125 Å². The summed E-state index contributed by atoms with van der Waals surface area (Å²) in [6, 6.07) is 9.49. The fourth-order valence-electron chi connectivity index (χ4n) is 1.43. The largest absolute Gasteiger partial charge is 0.244 e. The van der Waals surface area contributed by atoms with Crippen molar-refractivity contribution in [2.75, 3.05) is 0 Å². The average Bonchev–Trinajstić information content (AvgIpc) is 2.34. The summed E-state index contributed by atoms with van der Waals surface area (Å²) < 4.78 is 0. The van der Waals surface area contributed by atoms with Gasteiger partial charge in [-0.2, -0.15) is 11.8 Å². The van der Waals surface area contributed by atoms with Crippen molar-refractivity contribution in [3.63, 3.8) is 0 Å². The summed E-state index contributed by atoms with van der Waals surface area (Å²) in [5, 5.41) is 1.87. The van der Waals surface area contributed by atoms with Gasteiger partial charge < -0.3 is 0 Å². The number of hydrogen-bond acceptors (Lipinski definition) is 2. The second kappa shape index (κ2) is 6.67. The van der Waals surface area contributed by atoms with Crippen molar-refractivity contribution in [3.05, 3.63) is 62.9 Å². The van der Waals surface area contributed by atoms with Gasteiger partial charge in [-0.25, -0.2) is 4.98 Å². The number of nitrogens with zero attached hydrogens (tertiary/aromatic N) is 1. The summed E-state index contributed by atoms with van der Waals surface area (Å²) in [5.41, 5.74) is 2.11. The van der Waals surface area contributed by atoms with E-state index in [9.17, 15) is 0 Å². The van der Waals surface area contributed by atoms with E-state index in [2.05, 4.69) is 4.98 Å². The molecule has 94 valence electrons. The zero-order valence-corrected chi connectivity index (χ0v) is 12.5. The lowest BCUT2D eigenvalue weighted by atomic mass is 10.2. The van der Waals surface area contributed by atoms with Gasteiger partial charge in [-0.15, -0.1) is 0 Å². The molecule has 0 aliphatic heterocycles. The first kappa shape index (κ1) is 14.0. The third-order valence-corrected chi connectivity index (χ3v) is 4.33. The van der Waals surface area contributed by atoms with Gasteiger partial charge in [0.1, 0.15) is 5.15 Å². The van der Waals surface area contributed by atoms with E-state index >= 15 is 0 Å². The Kier molecular flexibility index (Phi) is 5.19. The summed E-state index contributed by atoms with van der Waals surface area (Å²) in [6.45, 7) is 0. The van der Waals surface area contributed by atoms with Crippen LogP contribution in [0.1, 0.15) is 11.1 Å². The van der Waals surface area contributed by atoms with Crippen molar-refractivity contribution in [3.8, 4) is 0 Å². The second-order valence-electron chi connectivity index (χ2n) is 3.68. The van der Waals surface area contributed by atoms with Crippen molar-refractivity contribution < 1.29 is 0 Å². The highest BCUT2D eigenvalue weighted by Gasteiger charge is 2.04. The lowest BCUT2D eigenvalue weighted by molar-refractivity contribution is 1.25.